The molecular weight excluding hydrogens is 250 g/mol. The number of hydrogen-bond acceptors (Lipinski definition) is 1. The van der Waals surface area contributed by atoms with E-state index in [-0.39, 0.29) is 0 Å². The zero-order valence-corrected chi connectivity index (χ0v) is 10.8. The molecule has 2 rings (SSSR count). The van der Waals surface area contributed by atoms with Crippen LogP contribution in [0, 0.1) is 5.92 Å². The van der Waals surface area contributed by atoms with Crippen molar-refractivity contribution < 1.29 is 0 Å². The van der Waals surface area contributed by atoms with Gasteiger partial charge in [-0.2, -0.15) is 0 Å². The Kier molecular flexibility index (Phi) is 3.81. The van der Waals surface area contributed by atoms with Crippen LogP contribution < -0.4 is 0 Å². The van der Waals surface area contributed by atoms with Crippen molar-refractivity contribution in [3.8, 4) is 0 Å². The van der Waals surface area contributed by atoms with Gasteiger partial charge in [0, 0.05) is 24.1 Å². The molecule has 0 unspecified atom stereocenters. The van der Waals surface area contributed by atoms with E-state index in [4.69, 9.17) is 0 Å². The number of likely N-dealkylation sites (tertiary alicyclic amines) is 1. The highest BCUT2D eigenvalue weighted by molar-refractivity contribution is 9.10. The zero-order valence-electron chi connectivity index (χ0n) is 9.25. The first-order valence-corrected chi connectivity index (χ1v) is 6.54. The minimum absolute atomic E-state index is 0.960. The van der Waals surface area contributed by atoms with Gasteiger partial charge in [-0.3, -0.25) is 4.90 Å². The van der Waals surface area contributed by atoms with Crippen molar-refractivity contribution in [3.05, 3.63) is 34.3 Å². The molecule has 1 nitrogen and oxygen atoms in total. The molecule has 0 saturated carbocycles. The molecule has 0 atom stereocenters. The SMILES string of the molecule is CCCC1CN(Cc2cccc(Br)c2)C1. The van der Waals surface area contributed by atoms with Crippen LogP contribution in [0.3, 0.4) is 0 Å². The van der Waals surface area contributed by atoms with Gasteiger partial charge in [-0.15, -0.1) is 0 Å². The molecule has 1 saturated heterocycles. The van der Waals surface area contributed by atoms with Gasteiger partial charge in [0.15, 0.2) is 0 Å². The van der Waals surface area contributed by atoms with Crippen LogP contribution in [0.15, 0.2) is 28.7 Å². The normalized spacial score (nSPS) is 17.7. The van der Waals surface area contributed by atoms with Gasteiger partial charge in [-0.25, -0.2) is 0 Å². The Morgan fingerprint density at radius 3 is 2.87 bits per heavy atom. The van der Waals surface area contributed by atoms with E-state index in [1.807, 2.05) is 0 Å². The molecule has 15 heavy (non-hydrogen) atoms. The van der Waals surface area contributed by atoms with Crippen molar-refractivity contribution in [2.75, 3.05) is 13.1 Å². The molecule has 2 heteroatoms. The van der Waals surface area contributed by atoms with Crippen LogP contribution in [-0.4, -0.2) is 18.0 Å². The lowest BCUT2D eigenvalue weighted by Crippen LogP contribution is -2.45. The smallest absolute Gasteiger partial charge is 0.0234 e. The van der Waals surface area contributed by atoms with E-state index in [1.165, 1.54) is 36.0 Å². The maximum Gasteiger partial charge on any atom is 0.0234 e. The minimum atomic E-state index is 0.960. The summed E-state index contributed by atoms with van der Waals surface area (Å²) < 4.78 is 1.19. The summed E-state index contributed by atoms with van der Waals surface area (Å²) in [6.07, 6.45) is 2.73. The molecule has 0 aromatic heterocycles. The summed E-state index contributed by atoms with van der Waals surface area (Å²) in [4.78, 5) is 2.53. The van der Waals surface area contributed by atoms with Gasteiger partial charge in [0.1, 0.15) is 0 Å². The number of rotatable bonds is 4. The molecule has 1 heterocycles. The highest BCUT2D eigenvalue weighted by Crippen LogP contribution is 2.23. The van der Waals surface area contributed by atoms with E-state index in [2.05, 4.69) is 52.0 Å². The summed E-state index contributed by atoms with van der Waals surface area (Å²) in [5.74, 6) is 0.960. The maximum absolute atomic E-state index is 3.51. The van der Waals surface area contributed by atoms with Crippen LogP contribution >= 0.6 is 15.9 Å². The number of halogens is 1. The number of hydrogen-bond donors (Lipinski definition) is 0. The molecular formula is C13H18BrN. The third kappa shape index (κ3) is 3.05. The second kappa shape index (κ2) is 5.13. The van der Waals surface area contributed by atoms with Crippen LogP contribution in [0.25, 0.3) is 0 Å². The fourth-order valence-electron chi connectivity index (χ4n) is 2.29. The summed E-state index contributed by atoms with van der Waals surface area (Å²) in [5, 5.41) is 0. The molecule has 1 aliphatic heterocycles. The Labute approximate surface area is 101 Å². The average Bonchev–Trinajstić information content (AvgIpc) is 2.15. The molecule has 0 bridgehead atoms. The van der Waals surface area contributed by atoms with Crippen molar-refractivity contribution in [1.82, 2.24) is 4.90 Å². The fourth-order valence-corrected chi connectivity index (χ4v) is 2.74. The predicted molar refractivity (Wildman–Crippen MR) is 67.8 cm³/mol. The quantitative estimate of drug-likeness (QED) is 0.805. The molecule has 1 fully saturated rings. The summed E-state index contributed by atoms with van der Waals surface area (Å²) in [6.45, 7) is 5.97. The molecule has 0 amide bonds. The molecule has 82 valence electrons. The first kappa shape index (κ1) is 11.2. The van der Waals surface area contributed by atoms with Gasteiger partial charge < -0.3 is 0 Å². The van der Waals surface area contributed by atoms with Crippen LogP contribution in [-0.2, 0) is 6.54 Å². The van der Waals surface area contributed by atoms with E-state index in [9.17, 15) is 0 Å². The lowest BCUT2D eigenvalue weighted by atomic mass is 9.94. The molecule has 1 aliphatic rings. The Bertz CT molecular complexity index is 318. The van der Waals surface area contributed by atoms with E-state index in [0.717, 1.165) is 12.5 Å². The number of nitrogens with zero attached hydrogens (tertiary/aromatic N) is 1. The lowest BCUT2D eigenvalue weighted by molar-refractivity contribution is 0.0859. The van der Waals surface area contributed by atoms with Gasteiger partial charge in [0.25, 0.3) is 0 Å². The Morgan fingerprint density at radius 2 is 2.20 bits per heavy atom. The second-order valence-corrected chi connectivity index (χ2v) is 5.39. The first-order chi connectivity index (χ1) is 7.28. The van der Waals surface area contributed by atoms with Gasteiger partial charge in [0.05, 0.1) is 0 Å². The molecule has 0 aliphatic carbocycles. The van der Waals surface area contributed by atoms with Gasteiger partial charge in [-0.05, 0) is 30.0 Å². The highest BCUT2D eigenvalue weighted by atomic mass is 79.9. The molecule has 1 aromatic rings. The van der Waals surface area contributed by atoms with Crippen molar-refractivity contribution in [1.29, 1.82) is 0 Å². The standard InChI is InChI=1S/C13H18BrN/c1-2-4-12-9-15(10-12)8-11-5-3-6-13(14)7-11/h3,5-7,12H,2,4,8-10H2,1H3. The van der Waals surface area contributed by atoms with E-state index in [0.29, 0.717) is 0 Å². The Balaban J connectivity index is 1.80. The summed E-state index contributed by atoms with van der Waals surface area (Å²) in [6, 6.07) is 8.62. The molecule has 0 spiro atoms. The fraction of sp³-hybridized carbons (Fsp3) is 0.538. The monoisotopic (exact) mass is 267 g/mol. The lowest BCUT2D eigenvalue weighted by Gasteiger charge is -2.39. The highest BCUT2D eigenvalue weighted by Gasteiger charge is 2.25. The van der Waals surface area contributed by atoms with Crippen LogP contribution in [0.2, 0.25) is 0 Å². The first-order valence-electron chi connectivity index (χ1n) is 5.74. The van der Waals surface area contributed by atoms with Crippen LogP contribution in [0.5, 0.6) is 0 Å². The van der Waals surface area contributed by atoms with Gasteiger partial charge in [-0.1, -0.05) is 41.4 Å². The van der Waals surface area contributed by atoms with Crippen molar-refractivity contribution in [2.45, 2.75) is 26.3 Å². The van der Waals surface area contributed by atoms with Crippen molar-refractivity contribution in [3.63, 3.8) is 0 Å². The van der Waals surface area contributed by atoms with E-state index >= 15 is 0 Å². The molecule has 0 N–H and O–H groups in total. The van der Waals surface area contributed by atoms with Gasteiger partial charge >= 0.3 is 0 Å². The minimum Gasteiger partial charge on any atom is -0.298 e. The predicted octanol–water partition coefficient (Wildman–Crippen LogP) is 3.68. The summed E-state index contributed by atoms with van der Waals surface area (Å²) >= 11 is 3.51. The molecule has 0 radical (unpaired) electrons. The number of benzene rings is 1. The third-order valence-electron chi connectivity index (χ3n) is 3.02. The van der Waals surface area contributed by atoms with Crippen molar-refractivity contribution >= 4 is 15.9 Å². The van der Waals surface area contributed by atoms with E-state index in [1.54, 1.807) is 0 Å². The second-order valence-electron chi connectivity index (χ2n) is 4.48. The average molecular weight is 268 g/mol. The zero-order chi connectivity index (χ0) is 10.7. The third-order valence-corrected chi connectivity index (χ3v) is 3.52. The largest absolute Gasteiger partial charge is 0.298 e. The molecule has 1 aromatic carbocycles. The maximum atomic E-state index is 3.51. The Hall–Kier alpha value is -0.340. The van der Waals surface area contributed by atoms with Crippen LogP contribution in [0.1, 0.15) is 25.3 Å². The summed E-state index contributed by atoms with van der Waals surface area (Å²) in [5.41, 5.74) is 1.42. The van der Waals surface area contributed by atoms with Gasteiger partial charge in [0.2, 0.25) is 0 Å². The van der Waals surface area contributed by atoms with Crippen molar-refractivity contribution in [2.24, 2.45) is 5.92 Å². The Morgan fingerprint density at radius 1 is 1.40 bits per heavy atom. The summed E-state index contributed by atoms with van der Waals surface area (Å²) in [7, 11) is 0. The van der Waals surface area contributed by atoms with E-state index < -0.39 is 0 Å². The van der Waals surface area contributed by atoms with Crippen LogP contribution in [0.4, 0.5) is 0 Å². The topological polar surface area (TPSA) is 3.24 Å².